The lowest BCUT2D eigenvalue weighted by molar-refractivity contribution is -0.205. The fourth-order valence-electron chi connectivity index (χ4n) is 6.52. The summed E-state index contributed by atoms with van der Waals surface area (Å²) in [5.41, 5.74) is 2.84. The minimum atomic E-state index is 0.548. The zero-order chi connectivity index (χ0) is 12.0. The first-order valence-electron chi connectivity index (χ1n) is 7.20. The van der Waals surface area contributed by atoms with Crippen molar-refractivity contribution in [3.63, 3.8) is 0 Å². The van der Waals surface area contributed by atoms with E-state index >= 15 is 0 Å². The van der Waals surface area contributed by atoms with Crippen LogP contribution in [0.1, 0.15) is 37.7 Å². The van der Waals surface area contributed by atoms with E-state index in [9.17, 15) is 0 Å². The van der Waals surface area contributed by atoms with Crippen LogP contribution in [0.3, 0.4) is 0 Å². The van der Waals surface area contributed by atoms with Crippen LogP contribution in [0.4, 0.5) is 0 Å². The van der Waals surface area contributed by atoms with Gasteiger partial charge in [-0.25, -0.2) is 0 Å². The number of hydrogen-bond acceptors (Lipinski definition) is 2. The van der Waals surface area contributed by atoms with Crippen molar-refractivity contribution in [2.24, 2.45) is 23.2 Å². The molecule has 2 bridgehead atoms. The average Bonchev–Trinajstić information content (AvgIpc) is 2.89. The van der Waals surface area contributed by atoms with E-state index in [4.69, 9.17) is 4.55 Å². The first-order chi connectivity index (χ1) is 8.78. The first-order valence-corrected chi connectivity index (χ1v) is 7.98. The summed E-state index contributed by atoms with van der Waals surface area (Å²) in [7, 11) is 0. The topological polar surface area (TPSA) is 20.2 Å². The van der Waals surface area contributed by atoms with Gasteiger partial charge in [-0.2, -0.15) is 0 Å². The third-order valence-corrected chi connectivity index (χ3v) is 7.40. The number of hydrogen-bond donors (Lipinski definition) is 1. The highest BCUT2D eigenvalue weighted by molar-refractivity contribution is 7.93. The van der Waals surface area contributed by atoms with E-state index in [1.165, 1.54) is 32.1 Å². The normalized spacial score (nSPS) is 50.6. The highest BCUT2D eigenvalue weighted by Crippen LogP contribution is 2.86. The van der Waals surface area contributed by atoms with Gasteiger partial charge in [-0.1, -0.05) is 12.1 Å². The summed E-state index contributed by atoms with van der Waals surface area (Å²) >= 11 is 0.859. The van der Waals surface area contributed by atoms with Crippen molar-refractivity contribution < 1.29 is 4.55 Å². The quantitative estimate of drug-likeness (QED) is 0.797. The smallest absolute Gasteiger partial charge is 0.0351 e. The fourth-order valence-corrected chi connectivity index (χ4v) is 6.78. The predicted octanol–water partition coefficient (Wildman–Crippen LogP) is 4.33. The molecule has 1 spiro atoms. The van der Waals surface area contributed by atoms with Crippen molar-refractivity contribution in [1.29, 1.82) is 0 Å². The predicted molar refractivity (Wildman–Crippen MR) is 72.6 cm³/mol. The highest BCUT2D eigenvalue weighted by Gasteiger charge is 2.80. The van der Waals surface area contributed by atoms with Crippen LogP contribution in [0, 0.1) is 23.2 Å². The molecule has 4 aliphatic rings. The van der Waals surface area contributed by atoms with Gasteiger partial charge in [0, 0.05) is 22.4 Å². The molecule has 2 unspecified atom stereocenters. The molecular formula is C16H18OS. The van der Waals surface area contributed by atoms with Crippen molar-refractivity contribution in [2.45, 2.75) is 42.4 Å². The zero-order valence-corrected chi connectivity index (χ0v) is 11.2. The lowest BCUT2D eigenvalue weighted by atomic mass is 9.29. The largest absolute Gasteiger partial charge is 0.325 e. The molecule has 4 saturated carbocycles. The molecular weight excluding hydrogens is 240 g/mol. The van der Waals surface area contributed by atoms with Gasteiger partial charge < -0.3 is 4.55 Å². The van der Waals surface area contributed by atoms with Crippen LogP contribution in [-0.4, -0.2) is 4.55 Å². The molecule has 94 valence electrons. The minimum absolute atomic E-state index is 0.548. The standard InChI is InChI=1S/C16H18OS/c17-18-14-3-1-11(2-4-14)15-8-12-5-10-6-13(9-15)16(12,15)7-10/h1-4,10,12-13,17H,5-9H2. The molecule has 0 heterocycles. The number of benzene rings is 1. The summed E-state index contributed by atoms with van der Waals surface area (Å²) in [6.45, 7) is 0. The third kappa shape index (κ3) is 0.866. The first kappa shape index (κ1) is 10.3. The molecule has 0 amide bonds. The van der Waals surface area contributed by atoms with Gasteiger partial charge in [-0.15, -0.1) is 0 Å². The maximum atomic E-state index is 9.08. The average molecular weight is 258 g/mol. The Morgan fingerprint density at radius 2 is 1.67 bits per heavy atom. The van der Waals surface area contributed by atoms with E-state index < -0.39 is 0 Å². The second kappa shape index (κ2) is 2.99. The summed E-state index contributed by atoms with van der Waals surface area (Å²) in [4.78, 5) is 0.968. The van der Waals surface area contributed by atoms with Gasteiger partial charge in [0.2, 0.25) is 0 Å². The molecule has 1 N–H and O–H groups in total. The Balaban J connectivity index is 1.57. The molecule has 1 aromatic carbocycles. The van der Waals surface area contributed by atoms with E-state index in [0.29, 0.717) is 5.41 Å². The lowest BCUT2D eigenvalue weighted by Gasteiger charge is -2.75. The lowest BCUT2D eigenvalue weighted by Crippen LogP contribution is -2.70. The fraction of sp³-hybridized carbons (Fsp3) is 0.625. The van der Waals surface area contributed by atoms with Gasteiger partial charge in [0.15, 0.2) is 0 Å². The summed E-state index contributed by atoms with van der Waals surface area (Å²) in [6.07, 6.45) is 7.49. The Kier molecular flexibility index (Phi) is 1.72. The molecule has 18 heavy (non-hydrogen) atoms. The molecule has 1 nitrogen and oxygen atoms in total. The van der Waals surface area contributed by atoms with E-state index in [1.54, 1.807) is 5.56 Å². The SMILES string of the molecule is OSc1ccc(C23CC4CC5CC(C2)C43C5)cc1. The van der Waals surface area contributed by atoms with Crippen LogP contribution in [0.25, 0.3) is 0 Å². The zero-order valence-electron chi connectivity index (χ0n) is 10.4. The Morgan fingerprint density at radius 1 is 1.00 bits per heavy atom. The minimum Gasteiger partial charge on any atom is -0.325 e. The van der Waals surface area contributed by atoms with Crippen LogP contribution in [-0.2, 0) is 5.41 Å². The summed E-state index contributed by atoms with van der Waals surface area (Å²) < 4.78 is 9.08. The van der Waals surface area contributed by atoms with Crippen molar-refractivity contribution in [3.05, 3.63) is 29.8 Å². The molecule has 2 heteroatoms. The second-order valence-electron chi connectivity index (χ2n) is 7.08. The molecule has 0 radical (unpaired) electrons. The Hall–Kier alpha value is -0.470. The summed E-state index contributed by atoms with van der Waals surface area (Å²) in [5.74, 6) is 3.18. The van der Waals surface area contributed by atoms with E-state index in [-0.39, 0.29) is 0 Å². The molecule has 0 aromatic heterocycles. The van der Waals surface area contributed by atoms with Gasteiger partial charge in [-0.3, -0.25) is 0 Å². The molecule has 1 aromatic rings. The Bertz CT molecular complexity index is 504. The molecule has 5 rings (SSSR count). The van der Waals surface area contributed by atoms with Gasteiger partial charge in [0.25, 0.3) is 0 Å². The number of fused-ring (bicyclic) bond motifs is 1. The van der Waals surface area contributed by atoms with E-state index in [1.807, 2.05) is 0 Å². The van der Waals surface area contributed by atoms with E-state index in [0.717, 1.165) is 40.1 Å². The monoisotopic (exact) mass is 258 g/mol. The van der Waals surface area contributed by atoms with Crippen LogP contribution in [0.2, 0.25) is 0 Å². The Labute approximate surface area is 112 Å². The van der Waals surface area contributed by atoms with Crippen LogP contribution in [0.15, 0.2) is 29.2 Å². The van der Waals surface area contributed by atoms with Gasteiger partial charge >= 0.3 is 0 Å². The maximum absolute atomic E-state index is 9.08. The molecule has 4 aliphatic carbocycles. The molecule has 2 atom stereocenters. The van der Waals surface area contributed by atoms with Crippen LogP contribution in [0.5, 0.6) is 0 Å². The van der Waals surface area contributed by atoms with Crippen LogP contribution >= 0.6 is 12.0 Å². The van der Waals surface area contributed by atoms with Gasteiger partial charge in [-0.05, 0) is 73.0 Å². The van der Waals surface area contributed by atoms with Gasteiger partial charge in [0.05, 0.1) is 0 Å². The van der Waals surface area contributed by atoms with E-state index in [2.05, 4.69) is 24.3 Å². The van der Waals surface area contributed by atoms with Crippen molar-refractivity contribution in [3.8, 4) is 0 Å². The summed E-state index contributed by atoms with van der Waals surface area (Å²) in [6, 6.07) is 8.75. The molecule has 0 saturated heterocycles. The van der Waals surface area contributed by atoms with Gasteiger partial charge in [0.1, 0.15) is 0 Å². The van der Waals surface area contributed by atoms with Crippen LogP contribution < -0.4 is 0 Å². The third-order valence-electron chi connectivity index (χ3n) is 6.91. The van der Waals surface area contributed by atoms with Crippen molar-refractivity contribution in [2.75, 3.05) is 0 Å². The Morgan fingerprint density at radius 3 is 2.22 bits per heavy atom. The summed E-state index contributed by atoms with van der Waals surface area (Å²) in [5, 5.41) is 0. The second-order valence-corrected chi connectivity index (χ2v) is 7.74. The van der Waals surface area contributed by atoms with Crippen molar-refractivity contribution in [1.82, 2.24) is 0 Å². The molecule has 0 aliphatic heterocycles. The highest BCUT2D eigenvalue weighted by atomic mass is 32.2. The maximum Gasteiger partial charge on any atom is 0.0351 e. The molecule has 4 fully saturated rings. The van der Waals surface area contributed by atoms with Crippen molar-refractivity contribution >= 4 is 12.0 Å². The number of rotatable bonds is 2.